The zero-order valence-corrected chi connectivity index (χ0v) is 22.1. The Hall–Kier alpha value is -3.01. The van der Waals surface area contributed by atoms with E-state index >= 15 is 0 Å². The molecule has 4 aliphatic rings. The van der Waals surface area contributed by atoms with Crippen LogP contribution in [0, 0.1) is 5.41 Å². The van der Waals surface area contributed by atoms with Crippen LogP contribution in [0.3, 0.4) is 0 Å². The summed E-state index contributed by atoms with van der Waals surface area (Å²) in [5.41, 5.74) is 5.61. The van der Waals surface area contributed by atoms with Crippen LogP contribution >= 0.6 is 0 Å². The lowest BCUT2D eigenvalue weighted by atomic mass is 9.64. The second-order valence-corrected chi connectivity index (χ2v) is 11.4. The summed E-state index contributed by atoms with van der Waals surface area (Å²) in [6, 6.07) is 20.7. The second-order valence-electron chi connectivity index (χ2n) is 11.4. The fourth-order valence-corrected chi connectivity index (χ4v) is 7.04. The Bertz CT molecular complexity index is 1260. The molecule has 3 atom stereocenters. The molecule has 4 fully saturated rings. The molecular weight excluding hydrogens is 456 g/mol. The van der Waals surface area contributed by atoms with Gasteiger partial charge in [-0.15, -0.1) is 0 Å². The van der Waals surface area contributed by atoms with E-state index in [0.29, 0.717) is 0 Å². The number of fused-ring (bicyclic) bond motifs is 2. The molecule has 2 heterocycles. The first-order valence-electron chi connectivity index (χ1n) is 13.7. The van der Waals surface area contributed by atoms with Crippen LogP contribution in [0.2, 0.25) is 0 Å². The second kappa shape index (κ2) is 9.08. The fourth-order valence-electron chi connectivity index (χ4n) is 7.04. The van der Waals surface area contributed by atoms with E-state index in [-0.39, 0.29) is 5.78 Å². The molecule has 0 N–H and O–H groups in total. The highest BCUT2D eigenvalue weighted by atomic mass is 16.8. The predicted octanol–water partition coefficient (Wildman–Crippen LogP) is 7.85. The highest BCUT2D eigenvalue weighted by Gasteiger charge is 2.78. The van der Waals surface area contributed by atoms with Gasteiger partial charge in [0.05, 0.1) is 5.41 Å². The number of Topliss-reactive ketones (excluding diaryl/α,β-unsaturated/α-hetero) is 1. The third kappa shape index (κ3) is 3.83. The molecule has 3 nitrogen and oxygen atoms in total. The Morgan fingerprint density at radius 2 is 1.32 bits per heavy atom. The Morgan fingerprint density at radius 1 is 0.811 bits per heavy atom. The zero-order valence-electron chi connectivity index (χ0n) is 22.1. The van der Waals surface area contributed by atoms with Crippen molar-refractivity contribution < 1.29 is 14.3 Å². The molecule has 0 radical (unpaired) electrons. The lowest BCUT2D eigenvalue weighted by Gasteiger charge is -2.48. The third-order valence-corrected chi connectivity index (χ3v) is 8.87. The van der Waals surface area contributed by atoms with Gasteiger partial charge in [-0.25, -0.2) is 0 Å². The van der Waals surface area contributed by atoms with Crippen molar-refractivity contribution in [1.82, 2.24) is 0 Å². The van der Waals surface area contributed by atoms with Gasteiger partial charge < -0.3 is 9.47 Å². The number of carbonyl (C=O) groups excluding carboxylic acids is 1. The molecule has 2 bridgehead atoms. The zero-order chi connectivity index (χ0) is 25.7. The molecule has 6 rings (SSSR count). The maximum absolute atomic E-state index is 14.0. The van der Waals surface area contributed by atoms with Crippen molar-refractivity contribution in [2.24, 2.45) is 5.41 Å². The Labute approximate surface area is 220 Å². The maximum Gasteiger partial charge on any atom is 0.183 e. The van der Waals surface area contributed by atoms with E-state index < -0.39 is 22.9 Å². The average Bonchev–Trinajstić information content (AvgIpc) is 3.48. The summed E-state index contributed by atoms with van der Waals surface area (Å²) in [6.45, 7) is 6.34. The summed E-state index contributed by atoms with van der Waals surface area (Å²) in [6.07, 6.45) is 13.8. The van der Waals surface area contributed by atoms with Gasteiger partial charge in [0.25, 0.3) is 0 Å². The van der Waals surface area contributed by atoms with Crippen molar-refractivity contribution in [2.45, 2.75) is 76.8 Å². The summed E-state index contributed by atoms with van der Waals surface area (Å²) in [4.78, 5) is 14.0. The van der Waals surface area contributed by atoms with Crippen molar-refractivity contribution in [1.29, 1.82) is 0 Å². The Balaban J connectivity index is 1.45. The minimum atomic E-state index is -0.816. The van der Waals surface area contributed by atoms with Gasteiger partial charge >= 0.3 is 0 Å². The van der Waals surface area contributed by atoms with E-state index in [4.69, 9.17) is 9.47 Å². The SMILES string of the molecule is CC(=C\c1ccccc1)/C=C1\CC/C(=C\C(C)=C\c2ccccc2)C12O[C@@]13CCCC[C@]1(C)C(=O)[C@@H]2O3. The number of ether oxygens (including phenoxy) is 2. The topological polar surface area (TPSA) is 35.5 Å². The summed E-state index contributed by atoms with van der Waals surface area (Å²) in [5.74, 6) is -0.588. The molecule has 2 saturated heterocycles. The molecule has 3 heteroatoms. The first kappa shape index (κ1) is 24.3. The number of rotatable bonds is 4. The number of allylic oxidation sites excluding steroid dienone is 4. The van der Waals surface area contributed by atoms with Crippen LogP contribution in [0.25, 0.3) is 12.2 Å². The van der Waals surface area contributed by atoms with Crippen LogP contribution < -0.4 is 0 Å². The standard InChI is InChI=1S/C34H36O3/c1-24(20-26-12-6-4-7-13-26)22-28-16-17-29(23-25(2)21-27-14-8-5-9-15-27)34(28)31-30(35)32(3)18-10-11-19-33(32,36-31)37-34/h4-9,12-15,20-23,31H,10-11,16-19H2,1-3H3/b24-20+,25-21+,28-22+,29-23+/t31-,32+,33-/m0/s1. The van der Waals surface area contributed by atoms with Gasteiger partial charge in [0.15, 0.2) is 17.7 Å². The van der Waals surface area contributed by atoms with Crippen LogP contribution in [0.5, 0.6) is 0 Å². The number of hydrogen-bond acceptors (Lipinski definition) is 3. The van der Waals surface area contributed by atoms with Gasteiger partial charge in [-0.1, -0.05) is 103 Å². The fraction of sp³-hybridized carbons (Fsp3) is 0.382. The van der Waals surface area contributed by atoms with Crippen LogP contribution in [0.15, 0.2) is 95.1 Å². The van der Waals surface area contributed by atoms with Crippen LogP contribution in [-0.2, 0) is 14.3 Å². The molecule has 2 aliphatic heterocycles. The van der Waals surface area contributed by atoms with Gasteiger partial charge in [-0.05, 0) is 68.7 Å². The van der Waals surface area contributed by atoms with Gasteiger partial charge in [0, 0.05) is 6.42 Å². The monoisotopic (exact) mass is 492 g/mol. The van der Waals surface area contributed by atoms with Crippen molar-refractivity contribution >= 4 is 17.9 Å². The molecule has 0 amide bonds. The van der Waals surface area contributed by atoms with E-state index in [1.807, 2.05) is 12.1 Å². The van der Waals surface area contributed by atoms with Gasteiger partial charge in [0.2, 0.25) is 0 Å². The first-order valence-corrected chi connectivity index (χ1v) is 13.7. The van der Waals surface area contributed by atoms with Crippen LogP contribution in [-0.4, -0.2) is 23.3 Å². The van der Waals surface area contributed by atoms with Gasteiger partial charge in [0.1, 0.15) is 5.60 Å². The molecule has 190 valence electrons. The number of carbonyl (C=O) groups is 1. The maximum atomic E-state index is 14.0. The highest BCUT2D eigenvalue weighted by molar-refractivity contribution is 5.95. The molecule has 2 aromatic carbocycles. The van der Waals surface area contributed by atoms with Gasteiger partial charge in [-0.3, -0.25) is 4.79 Å². The van der Waals surface area contributed by atoms with Crippen molar-refractivity contribution in [2.75, 3.05) is 0 Å². The molecule has 2 aliphatic carbocycles. The van der Waals surface area contributed by atoms with E-state index in [0.717, 1.165) is 49.7 Å². The quantitative estimate of drug-likeness (QED) is 0.436. The Morgan fingerprint density at radius 3 is 1.86 bits per heavy atom. The molecular formula is C34H36O3. The van der Waals surface area contributed by atoms with E-state index in [1.54, 1.807) is 0 Å². The Kier molecular flexibility index (Phi) is 5.97. The summed E-state index contributed by atoms with van der Waals surface area (Å²) >= 11 is 0. The lowest BCUT2D eigenvalue weighted by Crippen LogP contribution is -2.60. The number of hydrogen-bond donors (Lipinski definition) is 0. The van der Waals surface area contributed by atoms with E-state index in [9.17, 15) is 4.79 Å². The summed E-state index contributed by atoms with van der Waals surface area (Å²) < 4.78 is 13.9. The average molecular weight is 493 g/mol. The molecule has 2 spiro atoms. The van der Waals surface area contributed by atoms with Crippen LogP contribution in [0.4, 0.5) is 0 Å². The minimum absolute atomic E-state index is 0.228. The van der Waals surface area contributed by atoms with Crippen molar-refractivity contribution in [3.8, 4) is 0 Å². The summed E-state index contributed by atoms with van der Waals surface area (Å²) in [7, 11) is 0. The minimum Gasteiger partial charge on any atom is -0.334 e. The molecule has 37 heavy (non-hydrogen) atoms. The third-order valence-electron chi connectivity index (χ3n) is 8.87. The summed E-state index contributed by atoms with van der Waals surface area (Å²) in [5, 5.41) is 0. The van der Waals surface area contributed by atoms with Crippen molar-refractivity contribution in [3.63, 3.8) is 0 Å². The van der Waals surface area contributed by atoms with E-state index in [1.165, 1.54) is 22.3 Å². The van der Waals surface area contributed by atoms with Crippen molar-refractivity contribution in [3.05, 3.63) is 106 Å². The predicted molar refractivity (Wildman–Crippen MR) is 149 cm³/mol. The largest absolute Gasteiger partial charge is 0.334 e. The molecule has 2 aromatic rings. The highest BCUT2D eigenvalue weighted by Crippen LogP contribution is 2.67. The van der Waals surface area contributed by atoms with E-state index in [2.05, 4.69) is 93.6 Å². The first-order chi connectivity index (χ1) is 17.9. The number of benzene rings is 2. The smallest absolute Gasteiger partial charge is 0.183 e. The molecule has 0 aromatic heterocycles. The van der Waals surface area contributed by atoms with Crippen LogP contribution in [0.1, 0.15) is 70.4 Å². The normalized spacial score (nSPS) is 35.6. The van der Waals surface area contributed by atoms with Gasteiger partial charge in [-0.2, -0.15) is 0 Å². The number of ketones is 1. The lowest BCUT2D eigenvalue weighted by molar-refractivity contribution is -0.240. The molecule has 0 unspecified atom stereocenters. The molecule has 2 saturated carbocycles.